The molecule has 33 heavy (non-hydrogen) atoms. The van der Waals surface area contributed by atoms with E-state index in [1.165, 1.54) is 5.56 Å². The fourth-order valence-electron chi connectivity index (χ4n) is 3.82. The highest BCUT2D eigenvalue weighted by Crippen LogP contribution is 2.34. The molecule has 0 radical (unpaired) electrons. The number of halogens is 2. The van der Waals surface area contributed by atoms with Gasteiger partial charge in [-0.05, 0) is 41.2 Å². The van der Waals surface area contributed by atoms with Crippen molar-refractivity contribution in [3.8, 4) is 5.75 Å². The molecule has 6 nitrogen and oxygen atoms in total. The van der Waals surface area contributed by atoms with Gasteiger partial charge in [-0.1, -0.05) is 32.9 Å². The lowest BCUT2D eigenvalue weighted by atomic mass is 9.86. The van der Waals surface area contributed by atoms with Gasteiger partial charge in [-0.3, -0.25) is 0 Å². The van der Waals surface area contributed by atoms with Crippen molar-refractivity contribution < 1.29 is 28.2 Å². The number of amides is 1. The van der Waals surface area contributed by atoms with Gasteiger partial charge in [-0.15, -0.1) is 0 Å². The van der Waals surface area contributed by atoms with Gasteiger partial charge in [0.25, 0.3) is 0 Å². The molecule has 1 aliphatic heterocycles. The molecular formula is C25H32F2N2O4. The number of fused-ring (bicyclic) bond motifs is 1. The molecule has 180 valence electrons. The molecule has 0 bridgehead atoms. The highest BCUT2D eigenvalue weighted by atomic mass is 19.1. The molecule has 0 saturated heterocycles. The summed E-state index contributed by atoms with van der Waals surface area (Å²) >= 11 is 0. The summed E-state index contributed by atoms with van der Waals surface area (Å²) in [6.07, 6.45) is 0.109. The minimum atomic E-state index is -0.840. The van der Waals surface area contributed by atoms with Crippen molar-refractivity contribution in [3.05, 3.63) is 64.7 Å². The number of alkyl carbamates (subject to hydrolysis) is 1. The van der Waals surface area contributed by atoms with Gasteiger partial charge in [0.05, 0.1) is 12.7 Å². The summed E-state index contributed by atoms with van der Waals surface area (Å²) in [6, 6.07) is 9.22. The van der Waals surface area contributed by atoms with Gasteiger partial charge in [-0.25, -0.2) is 13.6 Å². The zero-order valence-electron chi connectivity index (χ0n) is 19.3. The van der Waals surface area contributed by atoms with Crippen molar-refractivity contribution >= 4 is 6.09 Å². The Morgan fingerprint density at radius 3 is 2.58 bits per heavy atom. The monoisotopic (exact) mass is 462 g/mol. The van der Waals surface area contributed by atoms with Gasteiger partial charge in [0, 0.05) is 37.2 Å². The number of nitrogens with one attached hydrogen (secondary N) is 2. The van der Waals surface area contributed by atoms with E-state index in [9.17, 15) is 18.7 Å². The number of benzene rings is 2. The van der Waals surface area contributed by atoms with Crippen LogP contribution < -0.4 is 15.4 Å². The van der Waals surface area contributed by atoms with E-state index in [-0.39, 0.29) is 36.7 Å². The number of ether oxygens (including phenoxy) is 2. The third-order valence-electron chi connectivity index (χ3n) is 5.22. The van der Waals surface area contributed by atoms with Crippen LogP contribution in [0.5, 0.6) is 5.75 Å². The van der Waals surface area contributed by atoms with Crippen LogP contribution in [0.25, 0.3) is 0 Å². The first-order chi connectivity index (χ1) is 15.6. The first kappa shape index (κ1) is 24.9. The number of aliphatic hydroxyl groups excluding tert-OH is 1. The maximum absolute atomic E-state index is 13.2. The van der Waals surface area contributed by atoms with E-state index in [4.69, 9.17) is 9.47 Å². The molecule has 1 heterocycles. The number of rotatable bonds is 8. The average Bonchev–Trinajstić information content (AvgIpc) is 2.73. The minimum Gasteiger partial charge on any atom is -0.493 e. The SMILES string of the molecule is CC(C)(C)Cc1ccc2c(c1)[C@@H](NCC(O)CNC(=O)OCc1cc(F)cc(F)c1)CCO2. The number of hydrogen-bond acceptors (Lipinski definition) is 5. The van der Waals surface area contributed by atoms with Gasteiger partial charge < -0.3 is 25.2 Å². The summed E-state index contributed by atoms with van der Waals surface area (Å²) in [7, 11) is 0. The Labute approximate surface area is 193 Å². The third kappa shape index (κ3) is 7.98. The second kappa shape index (κ2) is 10.9. The second-order valence-corrected chi connectivity index (χ2v) is 9.60. The number of carbonyl (C=O) groups excluding carboxylic acids is 1. The highest BCUT2D eigenvalue weighted by molar-refractivity contribution is 5.67. The van der Waals surface area contributed by atoms with E-state index in [0.29, 0.717) is 6.61 Å². The fourth-order valence-corrected chi connectivity index (χ4v) is 3.82. The first-order valence-electron chi connectivity index (χ1n) is 11.1. The number of carbonyl (C=O) groups is 1. The van der Waals surface area contributed by atoms with Crippen molar-refractivity contribution in [2.75, 3.05) is 19.7 Å². The molecule has 3 N–H and O–H groups in total. The summed E-state index contributed by atoms with van der Waals surface area (Å²) in [4.78, 5) is 11.8. The molecule has 2 aromatic rings. The molecule has 8 heteroatoms. The van der Waals surface area contributed by atoms with Gasteiger partial charge >= 0.3 is 6.09 Å². The minimum absolute atomic E-state index is 0.0243. The molecule has 0 fully saturated rings. The Morgan fingerprint density at radius 2 is 1.88 bits per heavy atom. The molecule has 3 rings (SSSR count). The average molecular weight is 463 g/mol. The van der Waals surface area contributed by atoms with Crippen LogP contribution in [0.3, 0.4) is 0 Å². The predicted octanol–water partition coefficient (Wildman–Crippen LogP) is 4.25. The fraction of sp³-hybridized carbons (Fsp3) is 0.480. The molecule has 0 aliphatic carbocycles. The van der Waals surface area contributed by atoms with Crippen LogP contribution >= 0.6 is 0 Å². The molecule has 0 saturated carbocycles. The van der Waals surface area contributed by atoms with Gasteiger partial charge in [0.2, 0.25) is 0 Å². The Bertz CT molecular complexity index is 942. The van der Waals surface area contributed by atoms with Crippen LogP contribution in [0.15, 0.2) is 36.4 Å². The zero-order chi connectivity index (χ0) is 24.0. The van der Waals surface area contributed by atoms with Crippen LogP contribution in [-0.4, -0.2) is 37.0 Å². The largest absolute Gasteiger partial charge is 0.493 e. The van der Waals surface area contributed by atoms with Gasteiger partial charge in [0.1, 0.15) is 24.0 Å². The van der Waals surface area contributed by atoms with Crippen LogP contribution in [-0.2, 0) is 17.8 Å². The lowest BCUT2D eigenvalue weighted by molar-refractivity contribution is 0.123. The van der Waals surface area contributed by atoms with Crippen LogP contribution in [0.4, 0.5) is 13.6 Å². The lowest BCUT2D eigenvalue weighted by Gasteiger charge is -2.29. The topological polar surface area (TPSA) is 79.8 Å². The lowest BCUT2D eigenvalue weighted by Crippen LogP contribution is -2.40. The van der Waals surface area contributed by atoms with E-state index in [1.54, 1.807) is 0 Å². The maximum atomic E-state index is 13.2. The predicted molar refractivity (Wildman–Crippen MR) is 121 cm³/mol. The van der Waals surface area contributed by atoms with E-state index in [2.05, 4.69) is 43.5 Å². The molecule has 0 spiro atoms. The van der Waals surface area contributed by atoms with E-state index in [1.807, 2.05) is 6.07 Å². The normalized spacial score (nSPS) is 16.5. The van der Waals surface area contributed by atoms with E-state index in [0.717, 1.165) is 42.4 Å². The summed E-state index contributed by atoms with van der Waals surface area (Å²) in [5.41, 5.74) is 2.69. The van der Waals surface area contributed by atoms with Crippen molar-refractivity contribution in [2.24, 2.45) is 5.41 Å². The summed E-state index contributed by atoms with van der Waals surface area (Å²) in [6.45, 7) is 7.15. The zero-order valence-corrected chi connectivity index (χ0v) is 19.3. The van der Waals surface area contributed by atoms with E-state index < -0.39 is 23.8 Å². The maximum Gasteiger partial charge on any atom is 0.407 e. The van der Waals surface area contributed by atoms with E-state index >= 15 is 0 Å². The Balaban J connectivity index is 1.45. The number of hydrogen-bond donors (Lipinski definition) is 3. The smallest absolute Gasteiger partial charge is 0.407 e. The Morgan fingerprint density at radius 1 is 1.15 bits per heavy atom. The van der Waals surface area contributed by atoms with Crippen molar-refractivity contribution in [1.29, 1.82) is 0 Å². The van der Waals surface area contributed by atoms with Crippen molar-refractivity contribution in [3.63, 3.8) is 0 Å². The standard InChI is InChI=1S/C25H32F2N2O4/c1-25(2,3)12-16-4-5-23-21(10-16)22(6-7-32-23)28-13-20(30)14-29-24(31)33-15-17-8-18(26)11-19(27)9-17/h4-5,8-11,20,22,28,30H,6-7,12-15H2,1-3H3,(H,29,31)/t20?,22-/m0/s1. The molecule has 1 unspecified atom stereocenters. The molecule has 1 aliphatic rings. The van der Waals surface area contributed by atoms with Gasteiger partial charge in [0.15, 0.2) is 0 Å². The molecule has 0 aromatic heterocycles. The molecule has 1 amide bonds. The third-order valence-corrected chi connectivity index (χ3v) is 5.22. The van der Waals surface area contributed by atoms with Crippen molar-refractivity contribution in [1.82, 2.24) is 10.6 Å². The Kier molecular flexibility index (Phi) is 8.26. The summed E-state index contributed by atoms with van der Waals surface area (Å²) in [5, 5.41) is 16.1. The molecule has 2 atom stereocenters. The van der Waals surface area contributed by atoms with Crippen molar-refractivity contribution in [2.45, 2.75) is 52.4 Å². The van der Waals surface area contributed by atoms with Crippen LogP contribution in [0, 0.1) is 17.0 Å². The van der Waals surface area contributed by atoms with Crippen LogP contribution in [0.2, 0.25) is 0 Å². The molecule has 2 aromatic carbocycles. The molecular weight excluding hydrogens is 430 g/mol. The Hall–Kier alpha value is -2.71. The summed E-state index contributed by atoms with van der Waals surface area (Å²) in [5.74, 6) is -0.632. The highest BCUT2D eigenvalue weighted by Gasteiger charge is 2.23. The second-order valence-electron chi connectivity index (χ2n) is 9.60. The first-order valence-corrected chi connectivity index (χ1v) is 11.1. The van der Waals surface area contributed by atoms with Gasteiger partial charge in [-0.2, -0.15) is 0 Å². The summed E-state index contributed by atoms with van der Waals surface area (Å²) < 4.78 is 37.1. The number of aliphatic hydroxyl groups is 1. The quantitative estimate of drug-likeness (QED) is 0.547. The van der Waals surface area contributed by atoms with Crippen LogP contribution in [0.1, 0.15) is 49.9 Å².